The molecule has 0 aliphatic rings. The molecule has 0 aliphatic carbocycles. The van der Waals surface area contributed by atoms with E-state index in [2.05, 4.69) is 10.0 Å². The number of carbonyl (C=O) groups is 1. The van der Waals surface area contributed by atoms with E-state index in [4.69, 9.17) is 10.8 Å². The summed E-state index contributed by atoms with van der Waals surface area (Å²) in [5.41, 5.74) is 15.8. The largest absolute Gasteiger partial charge is 0.395 e. The Morgan fingerprint density at radius 1 is 0.972 bits per heavy atom. The Hall–Kier alpha value is -3.72. The van der Waals surface area contributed by atoms with E-state index in [9.17, 15) is 27.9 Å². The summed E-state index contributed by atoms with van der Waals surface area (Å²) in [5.74, 6) is -4.72. The molecule has 0 spiro atoms. The maximum atomic E-state index is 14.6. The third kappa shape index (κ3) is 6.69. The summed E-state index contributed by atoms with van der Waals surface area (Å²) < 4.78 is 56.4. The quantitative estimate of drug-likeness (QED) is 0.165. The second-order valence-electron chi connectivity index (χ2n) is 8.38. The second-order valence-corrected chi connectivity index (χ2v) is 8.38. The number of carbonyl (C=O) groups excluding carboxylic acids is 1. The number of rotatable bonds is 11. The number of nitrogens with two attached hydrogens (primary N) is 1. The van der Waals surface area contributed by atoms with E-state index in [1.807, 2.05) is 0 Å². The van der Waals surface area contributed by atoms with E-state index in [1.54, 1.807) is 6.07 Å². The molecule has 3 atom stereocenters. The Bertz CT molecular complexity index is 1240. The molecular formula is C26H24F4N4O2. The third-order valence-corrected chi connectivity index (χ3v) is 5.87. The van der Waals surface area contributed by atoms with E-state index < -0.39 is 47.1 Å². The van der Waals surface area contributed by atoms with Gasteiger partial charge in [-0.15, -0.1) is 0 Å². The molecule has 188 valence electrons. The Kier molecular flexibility index (Phi) is 9.19. The van der Waals surface area contributed by atoms with Crippen molar-refractivity contribution >= 4 is 5.78 Å². The lowest BCUT2D eigenvalue weighted by Crippen LogP contribution is -2.29. The van der Waals surface area contributed by atoms with Gasteiger partial charge in [0.15, 0.2) is 0 Å². The lowest BCUT2D eigenvalue weighted by Gasteiger charge is -2.24. The molecule has 3 aromatic carbocycles. The molecular weight excluding hydrogens is 476 g/mol. The first-order valence-corrected chi connectivity index (χ1v) is 11.1. The van der Waals surface area contributed by atoms with Crippen molar-refractivity contribution in [3.63, 3.8) is 0 Å². The highest BCUT2D eigenvalue weighted by atomic mass is 19.1. The standard InChI is InChI=1S/C26H24F4N4O2/c27-18-6-4-15(5-7-18)25(17-10-19(28)13-20(29)11-17)26(33-34-32)24(36)12-16-2-1-3-23(30)22(16)9-8-21(31)14-35/h1-7,10-11,13,21,25-26,35H,8-9,12,14,31H2/t21-,25-,26+/m0/s1. The SMILES string of the molecule is [N-]=[N+]=N[C@H](C(=O)Cc1cccc(F)c1CC[C@H](N)CO)[C@@H](c1ccc(F)cc1)c1cc(F)cc(F)c1. The van der Waals surface area contributed by atoms with Crippen molar-refractivity contribution in [2.45, 2.75) is 37.3 Å². The molecule has 0 radical (unpaired) electrons. The highest BCUT2D eigenvalue weighted by Gasteiger charge is 2.31. The monoisotopic (exact) mass is 500 g/mol. The minimum Gasteiger partial charge on any atom is -0.395 e. The van der Waals surface area contributed by atoms with Crippen molar-refractivity contribution in [3.05, 3.63) is 117 Å². The van der Waals surface area contributed by atoms with Crippen LogP contribution in [0.2, 0.25) is 0 Å². The molecule has 0 bridgehead atoms. The molecule has 0 fully saturated rings. The summed E-state index contributed by atoms with van der Waals surface area (Å²) in [5, 5.41) is 12.8. The minimum atomic E-state index is -1.47. The molecule has 0 unspecified atom stereocenters. The summed E-state index contributed by atoms with van der Waals surface area (Å²) in [6.45, 7) is -0.286. The van der Waals surface area contributed by atoms with Crippen LogP contribution in [0.5, 0.6) is 0 Å². The maximum absolute atomic E-state index is 14.6. The van der Waals surface area contributed by atoms with E-state index in [-0.39, 0.29) is 37.0 Å². The van der Waals surface area contributed by atoms with Crippen molar-refractivity contribution in [1.29, 1.82) is 0 Å². The fraction of sp³-hybridized carbons (Fsp3) is 0.269. The average molecular weight is 500 g/mol. The Labute approximate surface area is 205 Å². The molecule has 3 aromatic rings. The summed E-state index contributed by atoms with van der Waals surface area (Å²) in [6, 6.07) is 9.73. The Balaban J connectivity index is 2.04. The van der Waals surface area contributed by atoms with Crippen LogP contribution in [0.1, 0.15) is 34.6 Å². The fourth-order valence-corrected chi connectivity index (χ4v) is 4.12. The number of aliphatic hydroxyl groups is 1. The van der Waals surface area contributed by atoms with Gasteiger partial charge >= 0.3 is 0 Å². The first-order valence-electron chi connectivity index (χ1n) is 11.1. The second kappa shape index (κ2) is 12.3. The van der Waals surface area contributed by atoms with E-state index in [1.165, 1.54) is 24.3 Å². The first kappa shape index (κ1) is 26.9. The zero-order valence-corrected chi connectivity index (χ0v) is 19.1. The van der Waals surface area contributed by atoms with E-state index >= 15 is 0 Å². The van der Waals surface area contributed by atoms with Crippen LogP contribution in [0.25, 0.3) is 10.4 Å². The van der Waals surface area contributed by atoms with Crippen LogP contribution in [0.3, 0.4) is 0 Å². The molecule has 0 saturated carbocycles. The summed E-state index contributed by atoms with van der Waals surface area (Å²) >= 11 is 0. The summed E-state index contributed by atoms with van der Waals surface area (Å²) in [7, 11) is 0. The Morgan fingerprint density at radius 2 is 1.64 bits per heavy atom. The van der Waals surface area contributed by atoms with Crippen LogP contribution in [-0.4, -0.2) is 29.6 Å². The van der Waals surface area contributed by atoms with Gasteiger partial charge in [0.2, 0.25) is 0 Å². The van der Waals surface area contributed by atoms with Crippen molar-refractivity contribution in [3.8, 4) is 0 Å². The number of hydrogen-bond acceptors (Lipinski definition) is 4. The molecule has 0 saturated heterocycles. The van der Waals surface area contributed by atoms with Crippen LogP contribution < -0.4 is 5.73 Å². The van der Waals surface area contributed by atoms with E-state index in [0.717, 1.165) is 24.3 Å². The molecule has 0 aromatic heterocycles. The van der Waals surface area contributed by atoms with Gasteiger partial charge in [-0.05, 0) is 71.0 Å². The maximum Gasteiger partial charge on any atom is 0.147 e. The van der Waals surface area contributed by atoms with Crippen LogP contribution in [0.15, 0.2) is 65.8 Å². The number of aliphatic hydroxyl groups excluding tert-OH is 1. The minimum absolute atomic E-state index is 0.0123. The van der Waals surface area contributed by atoms with Gasteiger partial charge in [-0.25, -0.2) is 17.6 Å². The molecule has 3 N–H and O–H groups in total. The number of Topliss-reactive ketones (excluding diaryl/α,β-unsaturated/α-hetero) is 1. The number of nitrogens with zero attached hydrogens (tertiary/aromatic N) is 3. The zero-order chi connectivity index (χ0) is 26.2. The number of benzene rings is 3. The first-order chi connectivity index (χ1) is 17.2. The normalized spacial score (nSPS) is 13.5. The van der Waals surface area contributed by atoms with Crippen LogP contribution >= 0.6 is 0 Å². The van der Waals surface area contributed by atoms with Gasteiger partial charge in [-0.1, -0.05) is 29.4 Å². The number of hydrogen-bond donors (Lipinski definition) is 2. The highest BCUT2D eigenvalue weighted by Crippen LogP contribution is 2.33. The Morgan fingerprint density at radius 3 is 2.25 bits per heavy atom. The van der Waals surface area contributed by atoms with Crippen LogP contribution in [0.4, 0.5) is 17.6 Å². The third-order valence-electron chi connectivity index (χ3n) is 5.87. The van der Waals surface area contributed by atoms with Crippen molar-refractivity contribution in [1.82, 2.24) is 0 Å². The van der Waals surface area contributed by atoms with Gasteiger partial charge in [0.05, 0.1) is 6.61 Å². The molecule has 10 heteroatoms. The van der Waals surface area contributed by atoms with Gasteiger partial charge in [0, 0.05) is 29.4 Å². The predicted molar refractivity (Wildman–Crippen MR) is 126 cm³/mol. The van der Waals surface area contributed by atoms with Gasteiger partial charge in [-0.2, -0.15) is 0 Å². The van der Waals surface area contributed by atoms with Crippen molar-refractivity contribution < 1.29 is 27.5 Å². The van der Waals surface area contributed by atoms with Crippen LogP contribution in [0, 0.1) is 23.3 Å². The van der Waals surface area contributed by atoms with Gasteiger partial charge in [0.1, 0.15) is 35.1 Å². The number of azide groups is 1. The van der Waals surface area contributed by atoms with Crippen LogP contribution in [-0.2, 0) is 17.6 Å². The molecule has 36 heavy (non-hydrogen) atoms. The highest BCUT2D eigenvalue weighted by molar-refractivity contribution is 5.88. The van der Waals surface area contributed by atoms with Gasteiger partial charge in [0.25, 0.3) is 0 Å². The van der Waals surface area contributed by atoms with Gasteiger partial charge < -0.3 is 10.8 Å². The predicted octanol–water partition coefficient (Wildman–Crippen LogP) is 5.12. The molecule has 0 heterocycles. The smallest absolute Gasteiger partial charge is 0.147 e. The van der Waals surface area contributed by atoms with Crippen molar-refractivity contribution in [2.24, 2.45) is 10.8 Å². The lowest BCUT2D eigenvalue weighted by atomic mass is 9.81. The van der Waals surface area contributed by atoms with Crippen molar-refractivity contribution in [2.75, 3.05) is 6.61 Å². The summed E-state index contributed by atoms with van der Waals surface area (Å²) in [6.07, 6.45) is 0.0690. The zero-order valence-electron chi connectivity index (χ0n) is 19.1. The fourth-order valence-electron chi connectivity index (χ4n) is 4.12. The molecule has 0 aliphatic heterocycles. The lowest BCUT2D eigenvalue weighted by molar-refractivity contribution is -0.119. The molecule has 0 amide bonds. The number of halogens is 4. The molecule has 3 rings (SSSR count). The molecule has 6 nitrogen and oxygen atoms in total. The topological polar surface area (TPSA) is 112 Å². The average Bonchev–Trinajstić information content (AvgIpc) is 2.83. The summed E-state index contributed by atoms with van der Waals surface area (Å²) in [4.78, 5) is 16.2. The van der Waals surface area contributed by atoms with Gasteiger partial charge in [-0.3, -0.25) is 4.79 Å². The van der Waals surface area contributed by atoms with E-state index in [0.29, 0.717) is 17.2 Å². The number of ketones is 1.